The standard InChI is InChI=1S/C37H33N3O5/c1-44-32-14-13-23(20-33(32)45-2)19-31-35(41)38-37(43)40(36(31)42)26-21-29-27(24-9-5-3-6-10-24)15-17-39-18-16-28(30(22-26)34(29)39)25-11-7-4-8-12-25/h3-14,19-22,27-28H,15-18H2,1-2H3,(H,38,41,43)/b31-19+/t27-,28-/m0/s1. The maximum absolute atomic E-state index is 14.1. The quantitative estimate of drug-likeness (QED) is 0.208. The Kier molecular flexibility index (Phi) is 7.33. The van der Waals surface area contributed by atoms with Gasteiger partial charge < -0.3 is 14.4 Å². The molecule has 8 heteroatoms. The number of nitrogens with zero attached hydrogens (tertiary/aromatic N) is 2. The summed E-state index contributed by atoms with van der Waals surface area (Å²) in [7, 11) is 3.05. The summed E-state index contributed by atoms with van der Waals surface area (Å²) in [5.41, 5.74) is 6.60. The average molecular weight is 600 g/mol. The van der Waals surface area contributed by atoms with Gasteiger partial charge in [0, 0.05) is 30.6 Å². The summed E-state index contributed by atoms with van der Waals surface area (Å²) in [6.07, 6.45) is 3.31. The molecule has 3 heterocycles. The fraction of sp³-hybridized carbons (Fsp3) is 0.216. The van der Waals surface area contributed by atoms with Crippen molar-refractivity contribution in [3.63, 3.8) is 0 Å². The molecular formula is C37H33N3O5. The molecule has 3 aliphatic rings. The number of anilines is 2. The van der Waals surface area contributed by atoms with Crippen molar-refractivity contribution in [2.24, 2.45) is 0 Å². The van der Waals surface area contributed by atoms with Crippen LogP contribution in [0.4, 0.5) is 16.2 Å². The predicted molar refractivity (Wildman–Crippen MR) is 173 cm³/mol. The summed E-state index contributed by atoms with van der Waals surface area (Å²) in [5.74, 6) is -0.254. The van der Waals surface area contributed by atoms with Gasteiger partial charge in [-0.3, -0.25) is 14.9 Å². The molecule has 1 saturated heterocycles. The monoisotopic (exact) mass is 599 g/mol. The lowest BCUT2D eigenvalue weighted by Gasteiger charge is -2.44. The summed E-state index contributed by atoms with van der Waals surface area (Å²) in [5, 5.41) is 2.40. The fourth-order valence-electron chi connectivity index (χ4n) is 6.97. The van der Waals surface area contributed by atoms with E-state index >= 15 is 0 Å². The van der Waals surface area contributed by atoms with E-state index in [0.29, 0.717) is 22.7 Å². The zero-order valence-corrected chi connectivity index (χ0v) is 25.2. The molecule has 0 saturated carbocycles. The van der Waals surface area contributed by atoms with Gasteiger partial charge in [0.2, 0.25) is 0 Å². The highest BCUT2D eigenvalue weighted by molar-refractivity contribution is 6.39. The van der Waals surface area contributed by atoms with Crippen molar-refractivity contribution in [3.8, 4) is 11.5 Å². The lowest BCUT2D eigenvalue weighted by Crippen LogP contribution is -2.54. The number of hydrogen-bond donors (Lipinski definition) is 1. The van der Waals surface area contributed by atoms with Crippen LogP contribution in [0.1, 0.15) is 52.5 Å². The third kappa shape index (κ3) is 5.02. The summed E-state index contributed by atoms with van der Waals surface area (Å²) >= 11 is 0. The molecule has 0 aromatic heterocycles. The van der Waals surface area contributed by atoms with E-state index in [-0.39, 0.29) is 17.4 Å². The van der Waals surface area contributed by atoms with Crippen molar-refractivity contribution in [2.45, 2.75) is 24.7 Å². The van der Waals surface area contributed by atoms with Crippen molar-refractivity contribution in [2.75, 3.05) is 37.1 Å². The Morgan fingerprint density at radius 1 is 0.733 bits per heavy atom. The second-order valence-electron chi connectivity index (χ2n) is 11.5. The molecule has 0 bridgehead atoms. The van der Waals surface area contributed by atoms with E-state index in [2.05, 4.69) is 34.5 Å². The number of urea groups is 1. The maximum Gasteiger partial charge on any atom is 0.335 e. The Hall–Kier alpha value is -5.37. The highest BCUT2D eigenvalue weighted by Crippen LogP contribution is 2.50. The SMILES string of the molecule is COc1ccc(/C=C2\C(=O)NC(=O)N(c3cc4c5c(c3)[C@H](c3ccccc3)CCN5CC[C@H]4c3ccccc3)C2=O)cc1OC. The van der Waals surface area contributed by atoms with Crippen LogP contribution in [-0.4, -0.2) is 45.2 Å². The first-order valence-corrected chi connectivity index (χ1v) is 15.1. The number of benzene rings is 4. The van der Waals surface area contributed by atoms with E-state index in [0.717, 1.165) is 42.0 Å². The van der Waals surface area contributed by atoms with Crippen molar-refractivity contribution in [3.05, 3.63) is 124 Å². The van der Waals surface area contributed by atoms with Gasteiger partial charge in [0.1, 0.15) is 5.57 Å². The minimum atomic E-state index is -0.766. The molecule has 45 heavy (non-hydrogen) atoms. The van der Waals surface area contributed by atoms with Gasteiger partial charge in [-0.15, -0.1) is 0 Å². The zero-order valence-electron chi connectivity index (χ0n) is 25.2. The largest absolute Gasteiger partial charge is 0.493 e. The van der Waals surface area contributed by atoms with Gasteiger partial charge in [-0.2, -0.15) is 0 Å². The molecule has 7 rings (SSSR count). The van der Waals surface area contributed by atoms with Crippen molar-refractivity contribution < 1.29 is 23.9 Å². The van der Waals surface area contributed by atoms with Crippen LogP contribution in [0.5, 0.6) is 11.5 Å². The minimum Gasteiger partial charge on any atom is -0.493 e. The first kappa shape index (κ1) is 28.4. The second-order valence-corrected chi connectivity index (χ2v) is 11.5. The molecule has 3 aliphatic heterocycles. The normalized spacial score (nSPS) is 20.1. The Balaban J connectivity index is 1.37. The Bertz CT molecular complexity index is 1760. The number of ether oxygens (including phenoxy) is 2. The van der Waals surface area contributed by atoms with Crippen molar-refractivity contribution >= 4 is 35.3 Å². The van der Waals surface area contributed by atoms with Gasteiger partial charge in [-0.05, 0) is 71.0 Å². The number of rotatable bonds is 6. The molecule has 0 unspecified atom stereocenters. The van der Waals surface area contributed by atoms with Gasteiger partial charge in [0.25, 0.3) is 11.8 Å². The first-order chi connectivity index (χ1) is 22.0. The number of amides is 4. The molecule has 1 N–H and O–H groups in total. The van der Waals surface area contributed by atoms with E-state index in [4.69, 9.17) is 9.47 Å². The summed E-state index contributed by atoms with van der Waals surface area (Å²) in [6.45, 7) is 1.85. The van der Waals surface area contributed by atoms with E-state index in [9.17, 15) is 14.4 Å². The molecule has 8 nitrogen and oxygen atoms in total. The number of nitrogens with one attached hydrogen (secondary N) is 1. The molecule has 2 atom stereocenters. The number of carbonyl (C=O) groups excluding carboxylic acids is 3. The smallest absolute Gasteiger partial charge is 0.335 e. The maximum atomic E-state index is 14.1. The number of methoxy groups -OCH3 is 2. The van der Waals surface area contributed by atoms with Gasteiger partial charge in [0.05, 0.1) is 19.9 Å². The average Bonchev–Trinajstić information content (AvgIpc) is 3.07. The highest BCUT2D eigenvalue weighted by atomic mass is 16.5. The zero-order chi connectivity index (χ0) is 31.1. The summed E-state index contributed by atoms with van der Waals surface area (Å²) in [4.78, 5) is 44.1. The van der Waals surface area contributed by atoms with Crippen LogP contribution >= 0.6 is 0 Å². The minimum absolute atomic E-state index is 0.0945. The Morgan fingerprint density at radius 3 is 1.87 bits per heavy atom. The van der Waals surface area contributed by atoms with Crippen LogP contribution in [0.15, 0.2) is 96.6 Å². The van der Waals surface area contributed by atoms with E-state index in [1.807, 2.05) is 48.5 Å². The third-order valence-electron chi connectivity index (χ3n) is 9.08. The van der Waals surface area contributed by atoms with Crippen molar-refractivity contribution in [1.29, 1.82) is 0 Å². The number of imide groups is 2. The molecule has 4 aromatic rings. The van der Waals surface area contributed by atoms with E-state index in [1.54, 1.807) is 18.2 Å². The fourth-order valence-corrected chi connectivity index (χ4v) is 6.97. The topological polar surface area (TPSA) is 88.2 Å². The summed E-state index contributed by atoms with van der Waals surface area (Å²) in [6, 6.07) is 29.0. The molecule has 4 aromatic carbocycles. The molecular weight excluding hydrogens is 566 g/mol. The number of carbonyl (C=O) groups is 3. The van der Waals surface area contributed by atoms with Crippen LogP contribution in [0.3, 0.4) is 0 Å². The van der Waals surface area contributed by atoms with Gasteiger partial charge in [-0.25, -0.2) is 9.69 Å². The highest BCUT2D eigenvalue weighted by Gasteiger charge is 2.40. The third-order valence-corrected chi connectivity index (χ3v) is 9.08. The molecule has 1 fully saturated rings. The van der Waals surface area contributed by atoms with Crippen LogP contribution in [0.2, 0.25) is 0 Å². The Labute approximate surface area is 261 Å². The van der Waals surface area contributed by atoms with E-state index < -0.39 is 17.8 Å². The molecule has 0 radical (unpaired) electrons. The lowest BCUT2D eigenvalue weighted by atomic mass is 9.76. The number of barbiturate groups is 1. The first-order valence-electron chi connectivity index (χ1n) is 15.1. The van der Waals surface area contributed by atoms with Crippen LogP contribution in [0.25, 0.3) is 6.08 Å². The molecule has 0 spiro atoms. The van der Waals surface area contributed by atoms with Gasteiger partial charge in [0.15, 0.2) is 11.5 Å². The lowest BCUT2D eigenvalue weighted by molar-refractivity contribution is -0.122. The molecule has 226 valence electrons. The second kappa shape index (κ2) is 11.6. The van der Waals surface area contributed by atoms with Crippen LogP contribution in [0, 0.1) is 0 Å². The van der Waals surface area contributed by atoms with Crippen LogP contribution < -0.4 is 24.6 Å². The number of hydrogen-bond acceptors (Lipinski definition) is 6. The van der Waals surface area contributed by atoms with Crippen molar-refractivity contribution in [1.82, 2.24) is 5.32 Å². The van der Waals surface area contributed by atoms with Crippen LogP contribution in [-0.2, 0) is 9.59 Å². The molecule has 4 amide bonds. The van der Waals surface area contributed by atoms with Gasteiger partial charge >= 0.3 is 6.03 Å². The van der Waals surface area contributed by atoms with E-state index in [1.165, 1.54) is 37.1 Å². The predicted octanol–water partition coefficient (Wildman–Crippen LogP) is 6.25. The van der Waals surface area contributed by atoms with Gasteiger partial charge in [-0.1, -0.05) is 66.7 Å². The molecule has 0 aliphatic carbocycles. The Morgan fingerprint density at radius 2 is 1.31 bits per heavy atom. The summed E-state index contributed by atoms with van der Waals surface area (Å²) < 4.78 is 10.7.